The summed E-state index contributed by atoms with van der Waals surface area (Å²) in [4.78, 5) is 2.36. The zero-order chi connectivity index (χ0) is 17.2. The van der Waals surface area contributed by atoms with E-state index in [9.17, 15) is 8.42 Å². The maximum atomic E-state index is 11.1. The molecular weight excluding hydrogens is 322 g/mol. The molecule has 2 aromatic rings. The minimum absolute atomic E-state index is 0.507. The summed E-state index contributed by atoms with van der Waals surface area (Å²) >= 11 is 0. The van der Waals surface area contributed by atoms with Crippen LogP contribution in [0.5, 0.6) is 0 Å². The summed E-state index contributed by atoms with van der Waals surface area (Å²) in [5, 5.41) is 1.32. The van der Waals surface area contributed by atoms with E-state index in [-0.39, 0.29) is 0 Å². The maximum absolute atomic E-state index is 11.1. The first-order valence-electron chi connectivity index (χ1n) is 8.63. The van der Waals surface area contributed by atoms with Crippen molar-refractivity contribution in [3.63, 3.8) is 0 Å². The molecule has 1 aliphatic rings. The van der Waals surface area contributed by atoms with E-state index in [0.29, 0.717) is 12.5 Å². The lowest BCUT2D eigenvalue weighted by Crippen LogP contribution is -2.39. The Balaban J connectivity index is 1.51. The average Bonchev–Trinajstić information content (AvgIpc) is 2.85. The van der Waals surface area contributed by atoms with Crippen LogP contribution in [0.15, 0.2) is 30.3 Å². The molecule has 0 spiro atoms. The van der Waals surface area contributed by atoms with Crippen molar-refractivity contribution < 1.29 is 8.42 Å². The Labute approximate surface area is 144 Å². The Hall–Kier alpha value is -1.37. The van der Waals surface area contributed by atoms with Gasteiger partial charge < -0.3 is 9.47 Å². The van der Waals surface area contributed by atoms with Crippen molar-refractivity contribution in [3.05, 3.63) is 36.0 Å². The lowest BCUT2D eigenvalue weighted by atomic mass is 9.92. The fourth-order valence-electron chi connectivity index (χ4n) is 3.64. The molecule has 0 radical (unpaired) electrons. The molecule has 5 nitrogen and oxygen atoms in total. The first-order valence-corrected chi connectivity index (χ1v) is 10.5. The fourth-order valence-corrected chi connectivity index (χ4v) is 4.10. The van der Waals surface area contributed by atoms with Crippen molar-refractivity contribution in [2.45, 2.75) is 19.3 Å². The van der Waals surface area contributed by atoms with Gasteiger partial charge in [0.25, 0.3) is 0 Å². The minimum atomic E-state index is -3.07. The van der Waals surface area contributed by atoms with Gasteiger partial charge in [0.15, 0.2) is 0 Å². The number of aryl methyl sites for hydroxylation is 1. The molecular formula is C18H27N3O2S. The second-order valence-electron chi connectivity index (χ2n) is 6.91. The van der Waals surface area contributed by atoms with Crippen LogP contribution in [0.3, 0.4) is 0 Å². The second-order valence-corrected chi connectivity index (χ2v) is 8.74. The SMILES string of the molecule is Cn1c(CC2CCN(CCNS(C)(=O)=O)CC2)cc2ccccc21. The van der Waals surface area contributed by atoms with Crippen LogP contribution in [0.2, 0.25) is 0 Å². The molecule has 0 unspecified atom stereocenters. The predicted molar refractivity (Wildman–Crippen MR) is 98.6 cm³/mol. The van der Waals surface area contributed by atoms with Gasteiger partial charge in [-0.05, 0) is 55.8 Å². The zero-order valence-corrected chi connectivity index (χ0v) is 15.3. The first-order chi connectivity index (χ1) is 11.4. The van der Waals surface area contributed by atoms with Crippen molar-refractivity contribution >= 4 is 20.9 Å². The molecule has 6 heteroatoms. The Kier molecular flexibility index (Phi) is 5.27. The summed E-state index contributed by atoms with van der Waals surface area (Å²) in [5.41, 5.74) is 2.71. The highest BCUT2D eigenvalue weighted by molar-refractivity contribution is 7.88. The molecule has 1 aromatic carbocycles. The van der Waals surface area contributed by atoms with E-state index in [1.807, 2.05) is 0 Å². The van der Waals surface area contributed by atoms with Crippen molar-refractivity contribution in [2.24, 2.45) is 13.0 Å². The van der Waals surface area contributed by atoms with Gasteiger partial charge in [-0.2, -0.15) is 0 Å². The lowest BCUT2D eigenvalue weighted by Gasteiger charge is -2.32. The largest absolute Gasteiger partial charge is 0.348 e. The Morgan fingerprint density at radius 3 is 2.58 bits per heavy atom. The number of rotatable bonds is 6. The van der Waals surface area contributed by atoms with Gasteiger partial charge in [-0.3, -0.25) is 0 Å². The van der Waals surface area contributed by atoms with E-state index >= 15 is 0 Å². The summed E-state index contributed by atoms with van der Waals surface area (Å²) in [6.45, 7) is 3.42. The second kappa shape index (κ2) is 7.25. The maximum Gasteiger partial charge on any atom is 0.208 e. The van der Waals surface area contributed by atoms with Crippen LogP contribution < -0.4 is 4.72 Å². The number of para-hydroxylation sites is 1. The molecule has 1 aliphatic heterocycles. The quantitative estimate of drug-likeness (QED) is 0.868. The van der Waals surface area contributed by atoms with Gasteiger partial charge in [-0.15, -0.1) is 0 Å². The number of sulfonamides is 1. The van der Waals surface area contributed by atoms with E-state index in [1.54, 1.807) is 0 Å². The van der Waals surface area contributed by atoms with Crippen molar-refractivity contribution in [1.29, 1.82) is 0 Å². The normalized spacial score (nSPS) is 17.6. The number of aromatic nitrogens is 1. The number of piperidine rings is 1. The van der Waals surface area contributed by atoms with Crippen LogP contribution in [-0.2, 0) is 23.5 Å². The molecule has 0 bridgehead atoms. The highest BCUT2D eigenvalue weighted by Gasteiger charge is 2.20. The highest BCUT2D eigenvalue weighted by Crippen LogP contribution is 2.25. The minimum Gasteiger partial charge on any atom is -0.348 e. The molecule has 1 aromatic heterocycles. The van der Waals surface area contributed by atoms with Crippen LogP contribution >= 0.6 is 0 Å². The van der Waals surface area contributed by atoms with Crippen LogP contribution in [0.25, 0.3) is 10.9 Å². The number of nitrogens with one attached hydrogen (secondary N) is 1. The molecule has 0 saturated carbocycles. The summed E-state index contributed by atoms with van der Waals surface area (Å²) in [6, 6.07) is 10.9. The highest BCUT2D eigenvalue weighted by atomic mass is 32.2. The van der Waals surface area contributed by atoms with Gasteiger partial charge in [0, 0.05) is 31.3 Å². The van der Waals surface area contributed by atoms with Gasteiger partial charge in [0.1, 0.15) is 0 Å². The predicted octanol–water partition coefficient (Wildman–Crippen LogP) is 1.98. The topological polar surface area (TPSA) is 54.3 Å². The van der Waals surface area contributed by atoms with Gasteiger partial charge in [0.2, 0.25) is 10.0 Å². The summed E-state index contributed by atoms with van der Waals surface area (Å²) in [7, 11) is -0.917. The molecule has 0 atom stereocenters. The number of hydrogen-bond acceptors (Lipinski definition) is 3. The van der Waals surface area contributed by atoms with E-state index < -0.39 is 10.0 Å². The van der Waals surface area contributed by atoms with Gasteiger partial charge in [-0.1, -0.05) is 18.2 Å². The molecule has 1 N–H and O–H groups in total. The Morgan fingerprint density at radius 2 is 1.92 bits per heavy atom. The molecule has 1 fully saturated rings. The van der Waals surface area contributed by atoms with Crippen molar-refractivity contribution in [1.82, 2.24) is 14.2 Å². The lowest BCUT2D eigenvalue weighted by molar-refractivity contribution is 0.186. The van der Waals surface area contributed by atoms with Crippen LogP contribution in [-0.4, -0.2) is 50.3 Å². The third-order valence-corrected chi connectivity index (χ3v) is 5.78. The Morgan fingerprint density at radius 1 is 1.21 bits per heavy atom. The van der Waals surface area contributed by atoms with Crippen LogP contribution in [0.1, 0.15) is 18.5 Å². The number of benzene rings is 1. The third kappa shape index (κ3) is 4.37. The molecule has 2 heterocycles. The summed E-state index contributed by atoms with van der Waals surface area (Å²) in [6.07, 6.45) is 4.70. The number of hydrogen-bond donors (Lipinski definition) is 1. The molecule has 3 rings (SSSR count). The standard InChI is InChI=1S/C18H27N3O2S/c1-20-17(14-16-5-3-4-6-18(16)20)13-15-7-10-21(11-8-15)12-9-19-24(2,22)23/h3-6,14-15,19H,7-13H2,1-2H3. The molecule has 132 valence electrons. The van der Waals surface area contributed by atoms with Gasteiger partial charge >= 0.3 is 0 Å². The molecule has 1 saturated heterocycles. The molecule has 0 amide bonds. The summed E-state index contributed by atoms with van der Waals surface area (Å²) < 4.78 is 27.1. The molecule has 24 heavy (non-hydrogen) atoms. The van der Waals surface area contributed by atoms with Crippen molar-refractivity contribution in [3.8, 4) is 0 Å². The number of likely N-dealkylation sites (tertiary alicyclic amines) is 1. The van der Waals surface area contributed by atoms with Gasteiger partial charge in [0.05, 0.1) is 6.26 Å². The summed E-state index contributed by atoms with van der Waals surface area (Å²) in [5.74, 6) is 0.715. The fraction of sp³-hybridized carbons (Fsp3) is 0.556. The average molecular weight is 350 g/mol. The van der Waals surface area contributed by atoms with E-state index in [4.69, 9.17) is 0 Å². The van der Waals surface area contributed by atoms with Gasteiger partial charge in [-0.25, -0.2) is 13.1 Å². The van der Waals surface area contributed by atoms with Crippen LogP contribution in [0.4, 0.5) is 0 Å². The van der Waals surface area contributed by atoms with Crippen molar-refractivity contribution in [2.75, 3.05) is 32.4 Å². The first kappa shape index (κ1) is 17.5. The smallest absolute Gasteiger partial charge is 0.208 e. The van der Waals surface area contributed by atoms with Crippen LogP contribution in [0, 0.1) is 5.92 Å². The zero-order valence-electron chi connectivity index (χ0n) is 14.5. The number of fused-ring (bicyclic) bond motifs is 1. The van der Waals surface area contributed by atoms with E-state index in [2.05, 4.69) is 51.6 Å². The Bertz CT molecular complexity index is 790. The van der Waals surface area contributed by atoms with E-state index in [0.717, 1.165) is 26.1 Å². The number of nitrogens with zero attached hydrogens (tertiary/aromatic N) is 2. The monoisotopic (exact) mass is 349 g/mol. The van der Waals surface area contributed by atoms with E-state index in [1.165, 1.54) is 35.7 Å². The molecule has 0 aliphatic carbocycles. The third-order valence-electron chi connectivity index (χ3n) is 5.05.